The van der Waals surface area contributed by atoms with E-state index < -0.39 is 29.2 Å². The number of benzene rings is 1. The van der Waals surface area contributed by atoms with Gasteiger partial charge in [0.25, 0.3) is 17.4 Å². The van der Waals surface area contributed by atoms with Crippen LogP contribution in [-0.4, -0.2) is 16.8 Å². The number of amides is 2. The number of primary amides is 1. The highest BCUT2D eigenvalue weighted by atomic mass is 35.5. The first-order chi connectivity index (χ1) is 11.9. The fourth-order valence-electron chi connectivity index (χ4n) is 2.98. The van der Waals surface area contributed by atoms with Crippen molar-refractivity contribution in [2.24, 2.45) is 5.73 Å². The summed E-state index contributed by atoms with van der Waals surface area (Å²) in [5, 5.41) is 2.94. The van der Waals surface area contributed by atoms with Gasteiger partial charge in [0.1, 0.15) is 11.4 Å². The van der Waals surface area contributed by atoms with E-state index in [1.165, 1.54) is 18.2 Å². The third kappa shape index (κ3) is 3.41. The Labute approximate surface area is 147 Å². The molecule has 130 valence electrons. The van der Waals surface area contributed by atoms with E-state index >= 15 is 0 Å². The zero-order chi connectivity index (χ0) is 18.1. The van der Waals surface area contributed by atoms with Gasteiger partial charge in [-0.3, -0.25) is 14.4 Å². The molecule has 1 unspecified atom stereocenters. The second-order valence-electron chi connectivity index (χ2n) is 5.85. The standard InChI is InChI=1S/C17H15ClFN3O3/c18-8-4-5-9(12(19)6-8)16(24)21-13-2-1-3-14-10(13)7-11(15(20)23)17(25)22-14/h4-7,13H,1-3H2,(H2,20,23)(H,21,24)(H,22,25). The second kappa shape index (κ2) is 6.68. The second-order valence-corrected chi connectivity index (χ2v) is 6.29. The molecule has 1 heterocycles. The van der Waals surface area contributed by atoms with Gasteiger partial charge in [-0.05, 0) is 49.1 Å². The van der Waals surface area contributed by atoms with Crippen molar-refractivity contribution in [2.75, 3.05) is 0 Å². The normalized spacial score (nSPS) is 16.2. The summed E-state index contributed by atoms with van der Waals surface area (Å²) in [6.45, 7) is 0. The number of carbonyl (C=O) groups excluding carboxylic acids is 2. The van der Waals surface area contributed by atoms with Crippen molar-refractivity contribution in [1.82, 2.24) is 10.3 Å². The van der Waals surface area contributed by atoms with Crippen molar-refractivity contribution in [1.29, 1.82) is 0 Å². The number of nitrogens with two attached hydrogens (primary N) is 1. The maximum absolute atomic E-state index is 13.9. The van der Waals surface area contributed by atoms with Gasteiger partial charge in [-0.25, -0.2) is 4.39 Å². The highest BCUT2D eigenvalue weighted by molar-refractivity contribution is 6.30. The third-order valence-electron chi connectivity index (χ3n) is 4.20. The summed E-state index contributed by atoms with van der Waals surface area (Å²) in [5.74, 6) is -2.16. The Morgan fingerprint density at radius 1 is 1.28 bits per heavy atom. The fraction of sp³-hybridized carbons (Fsp3) is 0.235. The van der Waals surface area contributed by atoms with Crippen LogP contribution >= 0.6 is 11.6 Å². The first-order valence-electron chi connectivity index (χ1n) is 7.68. The van der Waals surface area contributed by atoms with E-state index in [0.717, 1.165) is 12.5 Å². The molecular weight excluding hydrogens is 349 g/mol. The molecule has 0 fully saturated rings. The van der Waals surface area contributed by atoms with Crippen LogP contribution in [-0.2, 0) is 6.42 Å². The Kier molecular flexibility index (Phi) is 4.59. The molecule has 0 saturated carbocycles. The summed E-state index contributed by atoms with van der Waals surface area (Å²) in [5.41, 5.74) is 5.61. The molecule has 1 aromatic carbocycles. The molecule has 0 saturated heterocycles. The smallest absolute Gasteiger partial charge is 0.261 e. The Morgan fingerprint density at radius 2 is 2.04 bits per heavy atom. The molecule has 3 rings (SSSR count). The number of aromatic amines is 1. The summed E-state index contributed by atoms with van der Waals surface area (Å²) in [4.78, 5) is 38.3. The van der Waals surface area contributed by atoms with Crippen molar-refractivity contribution in [3.8, 4) is 0 Å². The van der Waals surface area contributed by atoms with Crippen LogP contribution in [0.3, 0.4) is 0 Å². The van der Waals surface area contributed by atoms with E-state index in [2.05, 4.69) is 10.3 Å². The molecule has 1 atom stereocenters. The van der Waals surface area contributed by atoms with Gasteiger partial charge in [-0.1, -0.05) is 11.6 Å². The largest absolute Gasteiger partial charge is 0.365 e. The van der Waals surface area contributed by atoms with Crippen molar-refractivity contribution >= 4 is 23.4 Å². The van der Waals surface area contributed by atoms with Crippen LogP contribution in [0.1, 0.15) is 50.9 Å². The number of hydrogen-bond acceptors (Lipinski definition) is 3. The lowest BCUT2D eigenvalue weighted by atomic mass is 9.90. The first-order valence-corrected chi connectivity index (χ1v) is 8.06. The molecule has 0 aliphatic heterocycles. The van der Waals surface area contributed by atoms with Crippen LogP contribution in [0.4, 0.5) is 4.39 Å². The third-order valence-corrected chi connectivity index (χ3v) is 4.43. The van der Waals surface area contributed by atoms with Gasteiger partial charge < -0.3 is 16.0 Å². The Hall–Kier alpha value is -2.67. The fourth-order valence-corrected chi connectivity index (χ4v) is 3.14. The Bertz CT molecular complexity index is 926. The van der Waals surface area contributed by atoms with Gasteiger partial charge in [-0.15, -0.1) is 0 Å². The lowest BCUT2D eigenvalue weighted by Crippen LogP contribution is -2.34. The summed E-state index contributed by atoms with van der Waals surface area (Å²) >= 11 is 5.69. The van der Waals surface area contributed by atoms with E-state index in [4.69, 9.17) is 17.3 Å². The monoisotopic (exact) mass is 363 g/mol. The number of hydrogen-bond donors (Lipinski definition) is 3. The van der Waals surface area contributed by atoms with Crippen molar-refractivity contribution < 1.29 is 14.0 Å². The van der Waals surface area contributed by atoms with Gasteiger partial charge >= 0.3 is 0 Å². The van der Waals surface area contributed by atoms with Gasteiger partial charge in [0.05, 0.1) is 11.6 Å². The predicted molar refractivity (Wildman–Crippen MR) is 90.1 cm³/mol. The SMILES string of the molecule is NC(=O)c1cc2c([nH]c1=O)CCCC2NC(=O)c1ccc(Cl)cc1F. The minimum Gasteiger partial charge on any atom is -0.365 e. The molecule has 1 aliphatic rings. The number of carbonyl (C=O) groups is 2. The van der Waals surface area contributed by atoms with Crippen LogP contribution in [0.25, 0.3) is 0 Å². The van der Waals surface area contributed by atoms with Crippen LogP contribution in [0.15, 0.2) is 29.1 Å². The maximum Gasteiger partial charge on any atom is 0.261 e. The highest BCUT2D eigenvalue weighted by Crippen LogP contribution is 2.29. The molecule has 1 aliphatic carbocycles. The molecule has 2 aromatic rings. The number of nitrogens with one attached hydrogen (secondary N) is 2. The molecule has 2 amide bonds. The van der Waals surface area contributed by atoms with Crippen LogP contribution in [0.2, 0.25) is 5.02 Å². The Morgan fingerprint density at radius 3 is 2.72 bits per heavy atom. The maximum atomic E-state index is 13.9. The molecule has 8 heteroatoms. The quantitative estimate of drug-likeness (QED) is 0.777. The minimum atomic E-state index is -0.844. The number of halogens is 2. The zero-order valence-electron chi connectivity index (χ0n) is 13.1. The topological polar surface area (TPSA) is 105 Å². The number of rotatable bonds is 3. The summed E-state index contributed by atoms with van der Waals surface area (Å²) in [7, 11) is 0. The molecule has 0 spiro atoms. The van der Waals surface area contributed by atoms with Crippen LogP contribution in [0, 0.1) is 5.82 Å². The average molecular weight is 364 g/mol. The predicted octanol–water partition coefficient (Wildman–Crippen LogP) is 2.07. The molecule has 1 aromatic heterocycles. The van der Waals surface area contributed by atoms with Gasteiger partial charge in [0.2, 0.25) is 0 Å². The van der Waals surface area contributed by atoms with E-state index in [9.17, 15) is 18.8 Å². The minimum absolute atomic E-state index is 0.129. The van der Waals surface area contributed by atoms with Gasteiger partial charge in [0.15, 0.2) is 0 Å². The van der Waals surface area contributed by atoms with Crippen molar-refractivity contribution in [3.05, 3.63) is 67.8 Å². The van der Waals surface area contributed by atoms with Crippen molar-refractivity contribution in [2.45, 2.75) is 25.3 Å². The molecule has 0 radical (unpaired) electrons. The van der Waals surface area contributed by atoms with Crippen molar-refractivity contribution in [3.63, 3.8) is 0 Å². The number of pyridine rings is 1. The van der Waals surface area contributed by atoms with Gasteiger partial charge in [-0.2, -0.15) is 0 Å². The van der Waals surface area contributed by atoms with E-state index in [-0.39, 0.29) is 16.1 Å². The molecule has 25 heavy (non-hydrogen) atoms. The lowest BCUT2D eigenvalue weighted by Gasteiger charge is -2.26. The lowest BCUT2D eigenvalue weighted by molar-refractivity contribution is 0.0928. The number of aryl methyl sites for hydroxylation is 1. The first kappa shape index (κ1) is 17.2. The summed E-state index contributed by atoms with van der Waals surface area (Å²) in [6.07, 6.45) is 1.94. The van der Waals surface area contributed by atoms with E-state index in [1.54, 1.807) is 0 Å². The summed E-state index contributed by atoms with van der Waals surface area (Å²) in [6, 6.07) is 4.74. The highest BCUT2D eigenvalue weighted by Gasteiger charge is 2.26. The van der Waals surface area contributed by atoms with Gasteiger partial charge in [0, 0.05) is 10.7 Å². The Balaban J connectivity index is 1.93. The number of fused-ring (bicyclic) bond motifs is 1. The summed E-state index contributed by atoms with van der Waals surface area (Å²) < 4.78 is 13.9. The number of aromatic nitrogens is 1. The number of H-pyrrole nitrogens is 1. The molecule has 4 N–H and O–H groups in total. The molecule has 0 bridgehead atoms. The zero-order valence-corrected chi connectivity index (χ0v) is 13.8. The van der Waals surface area contributed by atoms with E-state index in [0.29, 0.717) is 24.1 Å². The molecular formula is C17H15ClFN3O3. The van der Waals surface area contributed by atoms with Crippen LogP contribution in [0.5, 0.6) is 0 Å². The molecule has 6 nitrogen and oxygen atoms in total. The van der Waals surface area contributed by atoms with Crippen LogP contribution < -0.4 is 16.6 Å². The average Bonchev–Trinajstić information content (AvgIpc) is 2.54. The van der Waals surface area contributed by atoms with E-state index in [1.807, 2.05) is 0 Å².